The number of benzene rings is 1. The minimum atomic E-state index is 0.543. The molecule has 1 fully saturated rings. The molecule has 20 heavy (non-hydrogen) atoms. The number of aromatic nitrogens is 2. The number of nitrogens with zero attached hydrogens (tertiary/aromatic N) is 3. The average Bonchev–Trinajstić information content (AvgIpc) is 2.97. The molecular formula is C15H17BrN4. The first-order chi connectivity index (χ1) is 9.78. The van der Waals surface area contributed by atoms with E-state index in [0.29, 0.717) is 6.04 Å². The zero-order chi connectivity index (χ0) is 13.9. The van der Waals surface area contributed by atoms with Crippen LogP contribution in [0.25, 0.3) is 11.1 Å². The number of hydrogen-bond acceptors (Lipinski definition) is 4. The predicted octanol–water partition coefficient (Wildman–Crippen LogP) is 2.70. The van der Waals surface area contributed by atoms with Gasteiger partial charge in [-0.1, -0.05) is 34.1 Å². The van der Waals surface area contributed by atoms with Crippen LogP contribution in [-0.2, 0) is 0 Å². The molecule has 0 spiro atoms. The van der Waals surface area contributed by atoms with Crippen LogP contribution >= 0.6 is 15.9 Å². The molecule has 1 N–H and O–H groups in total. The van der Waals surface area contributed by atoms with Crippen molar-refractivity contribution in [1.29, 1.82) is 0 Å². The SMILES string of the molecule is CNC1CCN(c2ncc(-c3ccccc3Br)cn2)C1. The highest BCUT2D eigenvalue weighted by Gasteiger charge is 2.22. The van der Waals surface area contributed by atoms with Crippen LogP contribution in [0, 0.1) is 0 Å². The van der Waals surface area contributed by atoms with Crippen molar-refractivity contribution in [3.05, 3.63) is 41.1 Å². The standard InChI is InChI=1S/C15H17BrN4/c1-17-12-6-7-20(10-12)15-18-8-11(9-19-15)13-4-2-3-5-14(13)16/h2-5,8-9,12,17H,6-7,10H2,1H3. The van der Waals surface area contributed by atoms with Gasteiger partial charge in [0.05, 0.1) is 0 Å². The molecule has 5 heteroatoms. The summed E-state index contributed by atoms with van der Waals surface area (Å²) in [5, 5.41) is 3.30. The first-order valence-electron chi connectivity index (χ1n) is 6.77. The Bertz CT molecular complexity index is 585. The molecule has 2 heterocycles. The van der Waals surface area contributed by atoms with Gasteiger partial charge in [0.1, 0.15) is 0 Å². The van der Waals surface area contributed by atoms with Crippen molar-refractivity contribution in [2.75, 3.05) is 25.0 Å². The number of anilines is 1. The smallest absolute Gasteiger partial charge is 0.225 e. The molecule has 1 aromatic heterocycles. The largest absolute Gasteiger partial charge is 0.339 e. The molecule has 4 nitrogen and oxygen atoms in total. The topological polar surface area (TPSA) is 41.0 Å². The minimum absolute atomic E-state index is 0.543. The molecule has 0 aliphatic carbocycles. The second kappa shape index (κ2) is 5.89. The van der Waals surface area contributed by atoms with Crippen LogP contribution in [0.2, 0.25) is 0 Å². The highest BCUT2D eigenvalue weighted by atomic mass is 79.9. The quantitative estimate of drug-likeness (QED) is 0.938. The summed E-state index contributed by atoms with van der Waals surface area (Å²) in [6.07, 6.45) is 4.94. The number of hydrogen-bond donors (Lipinski definition) is 1. The highest BCUT2D eigenvalue weighted by Crippen LogP contribution is 2.27. The maximum Gasteiger partial charge on any atom is 0.225 e. The van der Waals surface area contributed by atoms with Crippen molar-refractivity contribution >= 4 is 21.9 Å². The van der Waals surface area contributed by atoms with E-state index in [-0.39, 0.29) is 0 Å². The van der Waals surface area contributed by atoms with Gasteiger partial charge in [-0.25, -0.2) is 9.97 Å². The third kappa shape index (κ3) is 2.69. The number of rotatable bonds is 3. The van der Waals surface area contributed by atoms with Gasteiger partial charge in [-0.15, -0.1) is 0 Å². The van der Waals surface area contributed by atoms with Crippen molar-refractivity contribution < 1.29 is 0 Å². The van der Waals surface area contributed by atoms with Crippen LogP contribution in [0.3, 0.4) is 0 Å². The van der Waals surface area contributed by atoms with Crippen molar-refractivity contribution in [3.8, 4) is 11.1 Å². The lowest BCUT2D eigenvalue weighted by atomic mass is 10.1. The summed E-state index contributed by atoms with van der Waals surface area (Å²) in [5.41, 5.74) is 2.15. The Kier molecular flexibility index (Phi) is 3.98. The summed E-state index contributed by atoms with van der Waals surface area (Å²) in [7, 11) is 2.01. The van der Waals surface area contributed by atoms with Crippen LogP contribution in [0.4, 0.5) is 5.95 Å². The summed E-state index contributed by atoms with van der Waals surface area (Å²) in [6.45, 7) is 1.99. The van der Waals surface area contributed by atoms with E-state index in [0.717, 1.165) is 41.1 Å². The zero-order valence-corrected chi connectivity index (χ0v) is 13.0. The van der Waals surface area contributed by atoms with Gasteiger partial charge in [0.15, 0.2) is 0 Å². The van der Waals surface area contributed by atoms with Gasteiger partial charge < -0.3 is 10.2 Å². The van der Waals surface area contributed by atoms with Gasteiger partial charge in [-0.05, 0) is 25.1 Å². The van der Waals surface area contributed by atoms with E-state index in [2.05, 4.69) is 42.2 Å². The maximum atomic E-state index is 4.51. The molecule has 0 amide bonds. The lowest BCUT2D eigenvalue weighted by Gasteiger charge is -2.16. The van der Waals surface area contributed by atoms with Crippen LogP contribution < -0.4 is 10.2 Å². The van der Waals surface area contributed by atoms with E-state index in [1.165, 1.54) is 0 Å². The molecule has 1 saturated heterocycles. The van der Waals surface area contributed by atoms with Gasteiger partial charge >= 0.3 is 0 Å². The van der Waals surface area contributed by atoms with E-state index < -0.39 is 0 Å². The Labute approximate surface area is 127 Å². The molecule has 104 valence electrons. The molecule has 0 bridgehead atoms. The molecule has 1 aliphatic heterocycles. The normalized spacial score (nSPS) is 18.5. The van der Waals surface area contributed by atoms with Gasteiger partial charge in [0.25, 0.3) is 0 Å². The third-order valence-electron chi connectivity index (χ3n) is 3.70. The van der Waals surface area contributed by atoms with Gasteiger partial charge in [-0.2, -0.15) is 0 Å². The zero-order valence-electron chi connectivity index (χ0n) is 11.4. The summed E-state index contributed by atoms with van der Waals surface area (Å²) in [4.78, 5) is 11.3. The maximum absolute atomic E-state index is 4.51. The van der Waals surface area contributed by atoms with Crippen molar-refractivity contribution in [2.45, 2.75) is 12.5 Å². The molecule has 3 rings (SSSR count). The molecule has 1 atom stereocenters. The third-order valence-corrected chi connectivity index (χ3v) is 4.39. The van der Waals surface area contributed by atoms with Gasteiger partial charge in [-0.3, -0.25) is 0 Å². The monoisotopic (exact) mass is 332 g/mol. The minimum Gasteiger partial charge on any atom is -0.339 e. The molecule has 2 aromatic rings. The Morgan fingerprint density at radius 2 is 2.00 bits per heavy atom. The molecular weight excluding hydrogens is 316 g/mol. The second-order valence-corrected chi connectivity index (χ2v) is 5.83. The Morgan fingerprint density at radius 1 is 1.25 bits per heavy atom. The lowest BCUT2D eigenvalue weighted by Crippen LogP contribution is -2.30. The molecule has 1 aromatic carbocycles. The molecule has 0 radical (unpaired) electrons. The van der Waals surface area contributed by atoms with E-state index >= 15 is 0 Å². The van der Waals surface area contributed by atoms with Crippen LogP contribution in [0.5, 0.6) is 0 Å². The fourth-order valence-corrected chi connectivity index (χ4v) is 3.01. The first kappa shape index (κ1) is 13.5. The van der Waals surface area contributed by atoms with Crippen LogP contribution in [0.1, 0.15) is 6.42 Å². The van der Waals surface area contributed by atoms with Crippen molar-refractivity contribution in [3.63, 3.8) is 0 Å². The fourth-order valence-electron chi connectivity index (χ4n) is 2.50. The Balaban J connectivity index is 1.80. The van der Waals surface area contributed by atoms with Gasteiger partial charge in [0.2, 0.25) is 5.95 Å². The molecule has 0 saturated carbocycles. The number of nitrogens with one attached hydrogen (secondary N) is 1. The second-order valence-electron chi connectivity index (χ2n) is 4.97. The summed E-state index contributed by atoms with van der Waals surface area (Å²) in [6, 6.07) is 8.66. The lowest BCUT2D eigenvalue weighted by molar-refractivity contribution is 0.616. The number of halogens is 1. The fraction of sp³-hybridized carbons (Fsp3) is 0.333. The van der Waals surface area contributed by atoms with E-state index in [1.807, 2.05) is 37.6 Å². The summed E-state index contributed by atoms with van der Waals surface area (Å²) >= 11 is 3.56. The molecule has 1 unspecified atom stereocenters. The van der Waals surface area contributed by atoms with Crippen LogP contribution in [-0.4, -0.2) is 36.1 Å². The van der Waals surface area contributed by atoms with Crippen LogP contribution in [0.15, 0.2) is 41.1 Å². The van der Waals surface area contributed by atoms with Gasteiger partial charge in [0, 0.05) is 41.6 Å². The number of likely N-dealkylation sites (N-methyl/N-ethyl adjacent to an activating group) is 1. The van der Waals surface area contributed by atoms with Crippen molar-refractivity contribution in [2.24, 2.45) is 0 Å². The van der Waals surface area contributed by atoms with Crippen molar-refractivity contribution in [1.82, 2.24) is 15.3 Å². The highest BCUT2D eigenvalue weighted by molar-refractivity contribution is 9.10. The van der Waals surface area contributed by atoms with E-state index in [4.69, 9.17) is 0 Å². The van der Waals surface area contributed by atoms with E-state index in [1.54, 1.807) is 0 Å². The predicted molar refractivity (Wildman–Crippen MR) is 84.8 cm³/mol. The Morgan fingerprint density at radius 3 is 2.65 bits per heavy atom. The molecule has 1 aliphatic rings. The summed E-state index contributed by atoms with van der Waals surface area (Å²) in [5.74, 6) is 0.818. The summed E-state index contributed by atoms with van der Waals surface area (Å²) < 4.78 is 1.06. The average molecular weight is 333 g/mol. The van der Waals surface area contributed by atoms with E-state index in [9.17, 15) is 0 Å². The Hall–Kier alpha value is -1.46. The first-order valence-corrected chi connectivity index (χ1v) is 7.56.